The summed E-state index contributed by atoms with van der Waals surface area (Å²) in [7, 11) is 0. The number of amides is 1. The van der Waals surface area contributed by atoms with Gasteiger partial charge in [0, 0.05) is 12.0 Å². The van der Waals surface area contributed by atoms with Gasteiger partial charge in [0.05, 0.1) is 12.3 Å². The molecule has 0 spiro atoms. The number of carbonyl (C=O) groups is 1. The maximum absolute atomic E-state index is 12.2. The van der Waals surface area contributed by atoms with Crippen molar-refractivity contribution in [2.45, 2.75) is 46.0 Å². The van der Waals surface area contributed by atoms with Crippen LogP contribution in [0, 0.1) is 19.3 Å². The lowest BCUT2D eigenvalue weighted by atomic mass is 9.74. The maximum Gasteiger partial charge on any atom is 0.256 e. The van der Waals surface area contributed by atoms with E-state index in [1.54, 1.807) is 13.8 Å². The Balaban J connectivity index is 2.00. The second kappa shape index (κ2) is 5.74. The minimum Gasteiger partial charge on any atom is -0.396 e. The molecule has 0 aromatic carbocycles. The van der Waals surface area contributed by atoms with E-state index in [9.17, 15) is 9.90 Å². The van der Waals surface area contributed by atoms with Gasteiger partial charge in [0.15, 0.2) is 0 Å². The number of aliphatic hydroxyl groups excluding tert-OH is 1. The molecule has 5 nitrogen and oxygen atoms in total. The molecule has 1 aliphatic carbocycles. The van der Waals surface area contributed by atoms with E-state index in [1.807, 2.05) is 0 Å². The highest BCUT2D eigenvalue weighted by molar-refractivity contribution is 5.96. The molecule has 106 valence electrons. The molecule has 1 amide bonds. The zero-order valence-electron chi connectivity index (χ0n) is 11.7. The first-order valence-corrected chi connectivity index (χ1v) is 6.90. The average Bonchev–Trinajstić information content (AvgIpc) is 2.77. The largest absolute Gasteiger partial charge is 0.396 e. The predicted octanol–water partition coefficient (Wildman–Crippen LogP) is 1.96. The SMILES string of the molecule is Cc1noc(C)c1C(=O)NCC1(CO)CCCCC1. The molecule has 0 unspecified atom stereocenters. The van der Waals surface area contributed by atoms with Crippen molar-refractivity contribution in [2.75, 3.05) is 13.2 Å². The van der Waals surface area contributed by atoms with E-state index < -0.39 is 0 Å². The summed E-state index contributed by atoms with van der Waals surface area (Å²) in [6.07, 6.45) is 5.43. The van der Waals surface area contributed by atoms with Gasteiger partial charge in [-0.3, -0.25) is 4.79 Å². The molecule has 1 aromatic heterocycles. The molecule has 1 fully saturated rings. The summed E-state index contributed by atoms with van der Waals surface area (Å²) in [5.41, 5.74) is 0.980. The standard InChI is InChI=1S/C14H22N2O3/c1-10-12(11(2)19-16-10)13(18)15-8-14(9-17)6-4-3-5-7-14/h17H,3-9H2,1-2H3,(H,15,18). The number of aryl methyl sites for hydroxylation is 2. The third-order valence-corrected chi connectivity index (χ3v) is 4.13. The third-order valence-electron chi connectivity index (χ3n) is 4.13. The van der Waals surface area contributed by atoms with Crippen LogP contribution in [0.3, 0.4) is 0 Å². The van der Waals surface area contributed by atoms with Crippen molar-refractivity contribution in [2.24, 2.45) is 5.41 Å². The van der Waals surface area contributed by atoms with Gasteiger partial charge in [0.2, 0.25) is 0 Å². The zero-order valence-corrected chi connectivity index (χ0v) is 11.7. The number of nitrogens with zero attached hydrogens (tertiary/aromatic N) is 1. The minimum absolute atomic E-state index is 0.134. The van der Waals surface area contributed by atoms with Crippen LogP contribution < -0.4 is 5.32 Å². The maximum atomic E-state index is 12.2. The monoisotopic (exact) mass is 266 g/mol. The highest BCUT2D eigenvalue weighted by Gasteiger charge is 2.32. The van der Waals surface area contributed by atoms with Gasteiger partial charge < -0.3 is 14.9 Å². The van der Waals surface area contributed by atoms with Crippen LogP contribution in [0.2, 0.25) is 0 Å². The quantitative estimate of drug-likeness (QED) is 0.873. The molecule has 19 heavy (non-hydrogen) atoms. The van der Waals surface area contributed by atoms with E-state index in [0.29, 0.717) is 23.6 Å². The summed E-state index contributed by atoms with van der Waals surface area (Å²) >= 11 is 0. The Morgan fingerprint density at radius 1 is 1.37 bits per heavy atom. The highest BCUT2D eigenvalue weighted by Crippen LogP contribution is 2.35. The lowest BCUT2D eigenvalue weighted by molar-refractivity contribution is 0.0717. The minimum atomic E-state index is -0.158. The Morgan fingerprint density at radius 3 is 2.58 bits per heavy atom. The van der Waals surface area contributed by atoms with Crippen molar-refractivity contribution in [1.82, 2.24) is 10.5 Å². The van der Waals surface area contributed by atoms with Gasteiger partial charge in [-0.1, -0.05) is 24.4 Å². The molecule has 2 rings (SSSR count). The van der Waals surface area contributed by atoms with E-state index >= 15 is 0 Å². The van der Waals surface area contributed by atoms with Gasteiger partial charge in [-0.25, -0.2) is 0 Å². The number of hydrogen-bond donors (Lipinski definition) is 2. The normalized spacial score (nSPS) is 18.3. The van der Waals surface area contributed by atoms with Crippen LogP contribution in [0.25, 0.3) is 0 Å². The molecule has 2 N–H and O–H groups in total. The first-order chi connectivity index (χ1) is 9.08. The fourth-order valence-electron chi connectivity index (χ4n) is 2.86. The van der Waals surface area contributed by atoms with Crippen molar-refractivity contribution in [3.05, 3.63) is 17.0 Å². The Morgan fingerprint density at radius 2 is 2.05 bits per heavy atom. The number of nitrogens with one attached hydrogen (secondary N) is 1. The van der Waals surface area contributed by atoms with Gasteiger partial charge in [0.1, 0.15) is 11.3 Å². The number of aromatic nitrogens is 1. The smallest absolute Gasteiger partial charge is 0.256 e. The van der Waals surface area contributed by atoms with Crippen molar-refractivity contribution in [1.29, 1.82) is 0 Å². The molecule has 0 atom stereocenters. The molecular weight excluding hydrogens is 244 g/mol. The number of hydrogen-bond acceptors (Lipinski definition) is 4. The molecular formula is C14H22N2O3. The fourth-order valence-corrected chi connectivity index (χ4v) is 2.86. The summed E-state index contributed by atoms with van der Waals surface area (Å²) in [5, 5.41) is 16.3. The van der Waals surface area contributed by atoms with Gasteiger partial charge in [0.25, 0.3) is 5.91 Å². The van der Waals surface area contributed by atoms with Crippen LogP contribution in [0.5, 0.6) is 0 Å². The van der Waals surface area contributed by atoms with Crippen molar-refractivity contribution in [3.63, 3.8) is 0 Å². The topological polar surface area (TPSA) is 75.4 Å². The molecule has 1 aromatic rings. The van der Waals surface area contributed by atoms with Gasteiger partial charge in [-0.15, -0.1) is 0 Å². The third kappa shape index (κ3) is 2.97. The number of rotatable bonds is 4. The molecule has 1 saturated carbocycles. The van der Waals surface area contributed by atoms with E-state index in [-0.39, 0.29) is 17.9 Å². The summed E-state index contributed by atoms with van der Waals surface area (Å²) in [4.78, 5) is 12.2. The van der Waals surface area contributed by atoms with Crippen LogP contribution in [0.15, 0.2) is 4.52 Å². The lowest BCUT2D eigenvalue weighted by Crippen LogP contribution is -2.41. The Kier molecular flexibility index (Phi) is 4.24. The predicted molar refractivity (Wildman–Crippen MR) is 70.9 cm³/mol. The van der Waals surface area contributed by atoms with Crippen LogP contribution in [-0.4, -0.2) is 29.3 Å². The van der Waals surface area contributed by atoms with Gasteiger partial charge in [-0.05, 0) is 26.7 Å². The number of carbonyl (C=O) groups excluding carboxylic acids is 1. The van der Waals surface area contributed by atoms with Crippen LogP contribution in [0.1, 0.15) is 53.9 Å². The van der Waals surface area contributed by atoms with E-state index in [4.69, 9.17) is 4.52 Å². The van der Waals surface area contributed by atoms with Crippen LogP contribution in [-0.2, 0) is 0 Å². The Hall–Kier alpha value is -1.36. The second-order valence-electron chi connectivity index (χ2n) is 5.60. The first-order valence-electron chi connectivity index (χ1n) is 6.90. The van der Waals surface area contributed by atoms with E-state index in [1.165, 1.54) is 6.42 Å². The van der Waals surface area contributed by atoms with Crippen molar-refractivity contribution >= 4 is 5.91 Å². The lowest BCUT2D eigenvalue weighted by Gasteiger charge is -2.35. The van der Waals surface area contributed by atoms with Crippen molar-refractivity contribution < 1.29 is 14.4 Å². The summed E-state index contributed by atoms with van der Waals surface area (Å²) in [5.74, 6) is 0.381. The molecule has 0 aliphatic heterocycles. The molecule has 0 saturated heterocycles. The van der Waals surface area contributed by atoms with Gasteiger partial charge >= 0.3 is 0 Å². The fraction of sp³-hybridized carbons (Fsp3) is 0.714. The first kappa shape index (κ1) is 14.1. The Labute approximate surface area is 113 Å². The average molecular weight is 266 g/mol. The van der Waals surface area contributed by atoms with Crippen LogP contribution >= 0.6 is 0 Å². The zero-order chi connectivity index (χ0) is 13.9. The number of aliphatic hydroxyl groups is 1. The van der Waals surface area contributed by atoms with Crippen molar-refractivity contribution in [3.8, 4) is 0 Å². The summed E-state index contributed by atoms with van der Waals surface area (Å²) in [6.45, 7) is 4.15. The van der Waals surface area contributed by atoms with E-state index in [0.717, 1.165) is 25.7 Å². The summed E-state index contributed by atoms with van der Waals surface area (Å²) in [6, 6.07) is 0. The molecule has 1 aliphatic rings. The molecule has 0 bridgehead atoms. The summed E-state index contributed by atoms with van der Waals surface area (Å²) < 4.78 is 5.00. The second-order valence-corrected chi connectivity index (χ2v) is 5.60. The van der Waals surface area contributed by atoms with E-state index in [2.05, 4.69) is 10.5 Å². The molecule has 0 radical (unpaired) electrons. The molecule has 1 heterocycles. The van der Waals surface area contributed by atoms with Crippen LogP contribution in [0.4, 0.5) is 0 Å². The Bertz CT molecular complexity index is 428. The highest BCUT2D eigenvalue weighted by atomic mass is 16.5. The van der Waals surface area contributed by atoms with Gasteiger partial charge in [-0.2, -0.15) is 0 Å². The molecule has 5 heteroatoms.